The predicted octanol–water partition coefficient (Wildman–Crippen LogP) is 2.43. The molecule has 0 bridgehead atoms. The molecule has 1 aromatic carbocycles. The van der Waals surface area contributed by atoms with Crippen LogP contribution < -0.4 is 4.72 Å². The predicted molar refractivity (Wildman–Crippen MR) is 72.8 cm³/mol. The van der Waals surface area contributed by atoms with Crippen LogP contribution in [-0.4, -0.2) is 27.7 Å². The van der Waals surface area contributed by atoms with Crippen LogP contribution in [0.25, 0.3) is 0 Å². The lowest BCUT2D eigenvalue weighted by Crippen LogP contribution is -2.38. The van der Waals surface area contributed by atoms with Crippen LogP contribution in [0.5, 0.6) is 0 Å². The molecule has 1 heterocycles. The van der Waals surface area contributed by atoms with E-state index in [2.05, 4.69) is 20.7 Å². The second-order valence-corrected chi connectivity index (χ2v) is 7.24. The summed E-state index contributed by atoms with van der Waals surface area (Å²) < 4.78 is 58.6. The van der Waals surface area contributed by atoms with E-state index in [1.165, 1.54) is 0 Å². The molecular formula is C12H14BrF2NO3S. The monoisotopic (exact) mass is 369 g/mol. The molecule has 0 radical (unpaired) electrons. The molecule has 20 heavy (non-hydrogen) atoms. The van der Waals surface area contributed by atoms with Gasteiger partial charge in [-0.1, -0.05) is 0 Å². The molecule has 2 rings (SSSR count). The summed E-state index contributed by atoms with van der Waals surface area (Å²) in [6.45, 7) is 2.76. The quantitative estimate of drug-likeness (QED) is 0.886. The van der Waals surface area contributed by atoms with E-state index < -0.39 is 26.6 Å². The molecule has 112 valence electrons. The third kappa shape index (κ3) is 3.36. The summed E-state index contributed by atoms with van der Waals surface area (Å²) >= 11 is 2.88. The first-order valence-electron chi connectivity index (χ1n) is 6.06. The molecule has 1 aliphatic rings. The maximum atomic E-state index is 13.7. The minimum atomic E-state index is -4.07. The highest BCUT2D eigenvalue weighted by Gasteiger charge is 2.30. The first kappa shape index (κ1) is 15.8. The summed E-state index contributed by atoms with van der Waals surface area (Å²) in [6.07, 6.45) is 0.747. The first-order valence-corrected chi connectivity index (χ1v) is 8.33. The molecule has 0 spiro atoms. The molecule has 1 saturated heterocycles. The average molecular weight is 370 g/mol. The maximum Gasteiger partial charge on any atom is 0.244 e. The van der Waals surface area contributed by atoms with E-state index in [1.54, 1.807) is 6.92 Å². The number of hydrogen-bond acceptors (Lipinski definition) is 3. The van der Waals surface area contributed by atoms with Crippen molar-refractivity contribution in [1.82, 2.24) is 4.72 Å². The van der Waals surface area contributed by atoms with Gasteiger partial charge in [-0.2, -0.15) is 0 Å². The second kappa shape index (κ2) is 6.05. The number of benzene rings is 1. The number of nitrogens with one attached hydrogen (secondary N) is 1. The van der Waals surface area contributed by atoms with E-state index in [9.17, 15) is 17.2 Å². The standard InChI is InChI=1S/C12H14BrF2NO3S/c1-7(8-2-3-19-6-8)16-20(17,18)12-10(13)4-9(14)5-11(12)15/h4-5,7-8,16H,2-3,6H2,1H3. The van der Waals surface area contributed by atoms with Crippen molar-refractivity contribution in [1.29, 1.82) is 0 Å². The molecule has 1 fully saturated rings. The van der Waals surface area contributed by atoms with Crippen LogP contribution in [0.1, 0.15) is 13.3 Å². The number of rotatable bonds is 4. The van der Waals surface area contributed by atoms with Gasteiger partial charge in [-0.3, -0.25) is 0 Å². The van der Waals surface area contributed by atoms with Gasteiger partial charge in [0.1, 0.15) is 16.5 Å². The highest BCUT2D eigenvalue weighted by Crippen LogP contribution is 2.27. The van der Waals surface area contributed by atoms with Gasteiger partial charge >= 0.3 is 0 Å². The van der Waals surface area contributed by atoms with Gasteiger partial charge in [0, 0.05) is 29.1 Å². The van der Waals surface area contributed by atoms with Crippen molar-refractivity contribution in [2.24, 2.45) is 5.92 Å². The fraction of sp³-hybridized carbons (Fsp3) is 0.500. The van der Waals surface area contributed by atoms with Gasteiger partial charge in [0.2, 0.25) is 10.0 Å². The molecule has 2 unspecified atom stereocenters. The summed E-state index contributed by atoms with van der Waals surface area (Å²) in [5.74, 6) is -1.92. The molecule has 1 aromatic rings. The van der Waals surface area contributed by atoms with Gasteiger partial charge in [-0.15, -0.1) is 0 Å². The van der Waals surface area contributed by atoms with Gasteiger partial charge in [-0.05, 0) is 35.3 Å². The van der Waals surface area contributed by atoms with E-state index in [0.29, 0.717) is 19.3 Å². The zero-order valence-corrected chi connectivity index (χ0v) is 13.1. The van der Waals surface area contributed by atoms with Crippen LogP contribution in [0.15, 0.2) is 21.5 Å². The molecular weight excluding hydrogens is 356 g/mol. The normalized spacial score (nSPS) is 21.1. The third-order valence-electron chi connectivity index (χ3n) is 3.24. The Bertz CT molecular complexity index is 580. The second-order valence-electron chi connectivity index (χ2n) is 4.73. The lowest BCUT2D eigenvalue weighted by molar-refractivity contribution is 0.180. The van der Waals surface area contributed by atoms with Crippen LogP contribution in [-0.2, 0) is 14.8 Å². The summed E-state index contributed by atoms with van der Waals surface area (Å²) in [4.78, 5) is -0.579. The van der Waals surface area contributed by atoms with Crippen molar-refractivity contribution in [2.45, 2.75) is 24.3 Å². The Morgan fingerprint density at radius 2 is 2.15 bits per heavy atom. The lowest BCUT2D eigenvalue weighted by atomic mass is 10.0. The van der Waals surface area contributed by atoms with Crippen molar-refractivity contribution in [2.75, 3.05) is 13.2 Å². The molecule has 0 aromatic heterocycles. The molecule has 0 saturated carbocycles. The highest BCUT2D eigenvalue weighted by atomic mass is 79.9. The topological polar surface area (TPSA) is 55.4 Å². The SMILES string of the molecule is CC(NS(=O)(=O)c1c(F)cc(F)cc1Br)C1CCOC1. The van der Waals surface area contributed by atoms with Crippen molar-refractivity contribution in [3.05, 3.63) is 28.2 Å². The number of halogens is 3. The van der Waals surface area contributed by atoms with E-state index in [4.69, 9.17) is 4.74 Å². The average Bonchev–Trinajstić information content (AvgIpc) is 2.78. The minimum absolute atomic E-state index is 0.0482. The molecule has 1 aliphatic heterocycles. The molecule has 8 heteroatoms. The summed E-state index contributed by atoms with van der Waals surface area (Å²) in [5, 5.41) is 0. The lowest BCUT2D eigenvalue weighted by Gasteiger charge is -2.19. The van der Waals surface area contributed by atoms with E-state index in [1.807, 2.05) is 0 Å². The van der Waals surface area contributed by atoms with Gasteiger partial charge in [0.05, 0.1) is 6.61 Å². The van der Waals surface area contributed by atoms with E-state index >= 15 is 0 Å². The Kier molecular flexibility index (Phi) is 4.78. The molecule has 0 amide bonds. The molecule has 4 nitrogen and oxygen atoms in total. The van der Waals surface area contributed by atoms with Gasteiger partial charge in [0.15, 0.2) is 0 Å². The molecule has 0 aliphatic carbocycles. The summed E-state index contributed by atoms with van der Waals surface area (Å²) in [7, 11) is -4.07. The van der Waals surface area contributed by atoms with E-state index in [-0.39, 0.29) is 16.4 Å². The Hall–Kier alpha value is -0.570. The zero-order chi connectivity index (χ0) is 14.9. The smallest absolute Gasteiger partial charge is 0.244 e. The Labute approximate surface area is 124 Å². The fourth-order valence-electron chi connectivity index (χ4n) is 2.13. The van der Waals surface area contributed by atoms with Crippen molar-refractivity contribution in [3.63, 3.8) is 0 Å². The highest BCUT2D eigenvalue weighted by molar-refractivity contribution is 9.10. The van der Waals surface area contributed by atoms with Crippen molar-refractivity contribution < 1.29 is 21.9 Å². The number of sulfonamides is 1. The van der Waals surface area contributed by atoms with Crippen LogP contribution in [0.3, 0.4) is 0 Å². The summed E-state index contributed by atoms with van der Waals surface area (Å²) in [5.41, 5.74) is 0. The van der Waals surface area contributed by atoms with Gasteiger partial charge in [-0.25, -0.2) is 21.9 Å². The first-order chi connectivity index (χ1) is 9.31. The van der Waals surface area contributed by atoms with Crippen LogP contribution >= 0.6 is 15.9 Å². The number of ether oxygens (including phenoxy) is 1. The maximum absolute atomic E-state index is 13.7. The van der Waals surface area contributed by atoms with Crippen LogP contribution in [0.2, 0.25) is 0 Å². The minimum Gasteiger partial charge on any atom is -0.381 e. The van der Waals surface area contributed by atoms with E-state index in [0.717, 1.165) is 12.5 Å². The fourth-order valence-corrected chi connectivity index (χ4v) is 4.61. The third-order valence-corrected chi connectivity index (χ3v) is 5.77. The van der Waals surface area contributed by atoms with Gasteiger partial charge in [0.25, 0.3) is 0 Å². The van der Waals surface area contributed by atoms with Crippen molar-refractivity contribution in [3.8, 4) is 0 Å². The molecule has 1 N–H and O–H groups in total. The molecule has 2 atom stereocenters. The zero-order valence-electron chi connectivity index (χ0n) is 10.7. The number of hydrogen-bond donors (Lipinski definition) is 1. The van der Waals surface area contributed by atoms with Crippen molar-refractivity contribution >= 4 is 26.0 Å². The Morgan fingerprint density at radius 1 is 1.45 bits per heavy atom. The van der Waals surface area contributed by atoms with Crippen LogP contribution in [0, 0.1) is 17.6 Å². The summed E-state index contributed by atoms with van der Waals surface area (Å²) in [6, 6.07) is 1.07. The Balaban J connectivity index is 2.26. The van der Waals surface area contributed by atoms with Gasteiger partial charge < -0.3 is 4.74 Å². The largest absolute Gasteiger partial charge is 0.381 e. The van der Waals surface area contributed by atoms with Crippen LogP contribution in [0.4, 0.5) is 8.78 Å². The Morgan fingerprint density at radius 3 is 2.70 bits per heavy atom.